The maximum absolute atomic E-state index is 12.0. The highest BCUT2D eigenvalue weighted by Gasteiger charge is 2.12. The minimum atomic E-state index is -0.514. The van der Waals surface area contributed by atoms with Crippen molar-refractivity contribution >= 4 is 29.2 Å². The number of anilines is 1. The van der Waals surface area contributed by atoms with Crippen molar-refractivity contribution in [3.8, 4) is 0 Å². The van der Waals surface area contributed by atoms with Crippen LogP contribution in [0.4, 0.5) is 5.69 Å². The van der Waals surface area contributed by atoms with Gasteiger partial charge < -0.3 is 10.1 Å². The predicted octanol–water partition coefficient (Wildman–Crippen LogP) is 4.06. The molecule has 0 aromatic heterocycles. The van der Waals surface area contributed by atoms with E-state index in [2.05, 4.69) is 5.32 Å². The monoisotopic (exact) mass is 331 g/mol. The number of rotatable bonds is 4. The molecule has 0 unspecified atom stereocenters. The molecule has 0 aliphatic rings. The molecule has 0 atom stereocenters. The first-order chi connectivity index (χ1) is 10.8. The fourth-order valence-corrected chi connectivity index (χ4v) is 2.49. The smallest absolute Gasteiger partial charge is 0.338 e. The lowest BCUT2D eigenvalue weighted by Gasteiger charge is -2.10. The van der Waals surface area contributed by atoms with Gasteiger partial charge in [-0.3, -0.25) is 4.79 Å². The van der Waals surface area contributed by atoms with Gasteiger partial charge in [-0.05, 0) is 56.7 Å². The summed E-state index contributed by atoms with van der Waals surface area (Å²) in [4.78, 5) is 23.9. The van der Waals surface area contributed by atoms with E-state index < -0.39 is 11.9 Å². The summed E-state index contributed by atoms with van der Waals surface area (Å²) in [5.74, 6) is -0.909. The largest absolute Gasteiger partial charge is 0.452 e. The molecule has 4 nitrogen and oxygen atoms in total. The highest BCUT2D eigenvalue weighted by Crippen LogP contribution is 2.19. The van der Waals surface area contributed by atoms with E-state index in [0.29, 0.717) is 16.3 Å². The molecule has 5 heteroatoms. The number of carbonyl (C=O) groups excluding carboxylic acids is 2. The Morgan fingerprint density at radius 3 is 2.30 bits per heavy atom. The van der Waals surface area contributed by atoms with Crippen molar-refractivity contribution in [1.82, 2.24) is 0 Å². The molecule has 0 aliphatic heterocycles. The Morgan fingerprint density at radius 1 is 1.04 bits per heavy atom. The van der Waals surface area contributed by atoms with Crippen LogP contribution in [0.25, 0.3) is 0 Å². The second kappa shape index (κ2) is 7.29. The fourth-order valence-electron chi connectivity index (χ4n) is 2.26. The third kappa shape index (κ3) is 4.83. The lowest BCUT2D eigenvalue weighted by molar-refractivity contribution is -0.119. The van der Waals surface area contributed by atoms with E-state index in [1.807, 2.05) is 26.8 Å². The van der Waals surface area contributed by atoms with Crippen LogP contribution in [0.3, 0.4) is 0 Å². The molecule has 0 radical (unpaired) electrons. The number of nitrogens with one attached hydrogen (secondary N) is 1. The molecule has 0 saturated carbocycles. The van der Waals surface area contributed by atoms with Crippen LogP contribution in [0.1, 0.15) is 27.0 Å². The van der Waals surface area contributed by atoms with Crippen LogP contribution >= 0.6 is 11.6 Å². The minimum absolute atomic E-state index is 0.339. The van der Waals surface area contributed by atoms with Crippen LogP contribution in [-0.2, 0) is 9.53 Å². The molecule has 2 aromatic rings. The van der Waals surface area contributed by atoms with Crippen LogP contribution < -0.4 is 5.32 Å². The number of esters is 1. The Bertz CT molecular complexity index is 736. The first kappa shape index (κ1) is 17.0. The summed E-state index contributed by atoms with van der Waals surface area (Å²) in [6.07, 6.45) is 0. The van der Waals surface area contributed by atoms with E-state index in [-0.39, 0.29) is 6.61 Å². The number of amides is 1. The Balaban J connectivity index is 1.94. The maximum Gasteiger partial charge on any atom is 0.338 e. The number of hydrogen-bond donors (Lipinski definition) is 1. The molecule has 1 N–H and O–H groups in total. The second-order valence-electron chi connectivity index (χ2n) is 5.46. The van der Waals surface area contributed by atoms with Crippen molar-refractivity contribution < 1.29 is 14.3 Å². The number of benzene rings is 2. The summed E-state index contributed by atoms with van der Waals surface area (Å²) < 4.78 is 5.06. The second-order valence-corrected chi connectivity index (χ2v) is 5.90. The molecule has 2 rings (SSSR count). The zero-order valence-electron chi connectivity index (χ0n) is 13.3. The topological polar surface area (TPSA) is 55.4 Å². The van der Waals surface area contributed by atoms with Gasteiger partial charge in [0.1, 0.15) is 0 Å². The molecule has 1 amide bonds. The Morgan fingerprint density at radius 2 is 1.70 bits per heavy atom. The van der Waals surface area contributed by atoms with Crippen molar-refractivity contribution in [3.05, 3.63) is 63.7 Å². The lowest BCUT2D eigenvalue weighted by atomic mass is 10.1. The average molecular weight is 332 g/mol. The maximum atomic E-state index is 12.0. The zero-order valence-corrected chi connectivity index (χ0v) is 14.0. The van der Waals surface area contributed by atoms with Gasteiger partial charge >= 0.3 is 5.97 Å². The summed E-state index contributed by atoms with van der Waals surface area (Å²) in [6.45, 7) is 5.30. The molecule has 0 heterocycles. The average Bonchev–Trinajstić information content (AvgIpc) is 2.46. The first-order valence-corrected chi connectivity index (χ1v) is 7.54. The fraction of sp³-hybridized carbons (Fsp3) is 0.222. The van der Waals surface area contributed by atoms with Crippen LogP contribution in [0.5, 0.6) is 0 Å². The van der Waals surface area contributed by atoms with Crippen LogP contribution in [0.15, 0.2) is 36.4 Å². The van der Waals surface area contributed by atoms with Gasteiger partial charge in [0, 0.05) is 10.7 Å². The molecule has 0 spiro atoms. The van der Waals surface area contributed by atoms with E-state index in [9.17, 15) is 9.59 Å². The molecule has 2 aromatic carbocycles. The summed E-state index contributed by atoms with van der Waals surface area (Å²) in [7, 11) is 0. The normalized spacial score (nSPS) is 10.3. The van der Waals surface area contributed by atoms with Crippen molar-refractivity contribution in [2.45, 2.75) is 20.8 Å². The van der Waals surface area contributed by atoms with Gasteiger partial charge in [0.05, 0.1) is 5.56 Å². The van der Waals surface area contributed by atoms with Gasteiger partial charge in [-0.25, -0.2) is 4.79 Å². The van der Waals surface area contributed by atoms with Gasteiger partial charge in [0.2, 0.25) is 0 Å². The van der Waals surface area contributed by atoms with Crippen molar-refractivity contribution in [2.24, 2.45) is 0 Å². The Labute approximate surface area is 140 Å². The zero-order chi connectivity index (χ0) is 17.0. The quantitative estimate of drug-likeness (QED) is 0.859. The van der Waals surface area contributed by atoms with Crippen molar-refractivity contribution in [2.75, 3.05) is 11.9 Å². The molecule has 0 bridgehead atoms. The number of halogens is 1. The molecule has 120 valence electrons. The third-order valence-electron chi connectivity index (χ3n) is 3.25. The summed E-state index contributed by atoms with van der Waals surface area (Å²) in [6, 6.07) is 10.6. The standard InChI is InChI=1S/C18H18ClNO3/c1-11-6-12(2)8-14(7-11)18(22)23-10-17(21)20-16-5-4-15(19)9-13(16)3/h4-9H,10H2,1-3H3,(H,20,21). The number of ether oxygens (including phenoxy) is 1. The summed E-state index contributed by atoms with van der Waals surface area (Å²) in [5, 5.41) is 3.29. The highest BCUT2D eigenvalue weighted by molar-refractivity contribution is 6.30. The van der Waals surface area contributed by atoms with E-state index >= 15 is 0 Å². The van der Waals surface area contributed by atoms with E-state index in [0.717, 1.165) is 16.7 Å². The Hall–Kier alpha value is -2.33. The number of aryl methyl sites for hydroxylation is 3. The molecular formula is C18H18ClNO3. The number of hydrogen-bond acceptors (Lipinski definition) is 3. The van der Waals surface area contributed by atoms with Gasteiger partial charge in [-0.2, -0.15) is 0 Å². The van der Waals surface area contributed by atoms with Gasteiger partial charge in [0.25, 0.3) is 5.91 Å². The van der Waals surface area contributed by atoms with Crippen molar-refractivity contribution in [1.29, 1.82) is 0 Å². The van der Waals surface area contributed by atoms with E-state index in [1.165, 1.54) is 0 Å². The molecule has 0 saturated heterocycles. The number of carbonyl (C=O) groups is 2. The molecular weight excluding hydrogens is 314 g/mol. The predicted molar refractivity (Wildman–Crippen MR) is 91.0 cm³/mol. The first-order valence-electron chi connectivity index (χ1n) is 7.16. The highest BCUT2D eigenvalue weighted by atomic mass is 35.5. The van der Waals surface area contributed by atoms with Crippen LogP contribution in [0.2, 0.25) is 5.02 Å². The van der Waals surface area contributed by atoms with E-state index in [4.69, 9.17) is 16.3 Å². The third-order valence-corrected chi connectivity index (χ3v) is 3.49. The molecule has 23 heavy (non-hydrogen) atoms. The van der Waals surface area contributed by atoms with E-state index in [1.54, 1.807) is 30.3 Å². The molecule has 0 aliphatic carbocycles. The van der Waals surface area contributed by atoms with Crippen LogP contribution in [-0.4, -0.2) is 18.5 Å². The Kier molecular flexibility index (Phi) is 5.40. The summed E-state index contributed by atoms with van der Waals surface area (Å²) in [5.41, 5.74) is 3.86. The van der Waals surface area contributed by atoms with Gasteiger partial charge in [-0.1, -0.05) is 28.8 Å². The molecule has 0 fully saturated rings. The van der Waals surface area contributed by atoms with Gasteiger partial charge in [-0.15, -0.1) is 0 Å². The van der Waals surface area contributed by atoms with Crippen LogP contribution in [0, 0.1) is 20.8 Å². The lowest BCUT2D eigenvalue weighted by Crippen LogP contribution is -2.21. The van der Waals surface area contributed by atoms with Gasteiger partial charge in [0.15, 0.2) is 6.61 Å². The minimum Gasteiger partial charge on any atom is -0.452 e. The van der Waals surface area contributed by atoms with Crippen molar-refractivity contribution in [3.63, 3.8) is 0 Å². The summed E-state index contributed by atoms with van der Waals surface area (Å²) >= 11 is 5.87. The SMILES string of the molecule is Cc1cc(C)cc(C(=O)OCC(=O)Nc2ccc(Cl)cc2C)c1.